The summed E-state index contributed by atoms with van der Waals surface area (Å²) in [6.45, 7) is 0. The maximum absolute atomic E-state index is 12.6. The van der Waals surface area contributed by atoms with Gasteiger partial charge < -0.3 is 18.9 Å². The lowest BCUT2D eigenvalue weighted by Gasteiger charge is -2.18. The van der Waals surface area contributed by atoms with Crippen LogP contribution < -0.4 is 0 Å². The summed E-state index contributed by atoms with van der Waals surface area (Å²) >= 11 is 0. The van der Waals surface area contributed by atoms with Crippen LogP contribution in [-0.2, 0) is 18.9 Å². The number of benzene rings is 2. The van der Waals surface area contributed by atoms with Gasteiger partial charge in [0, 0.05) is 35.4 Å². The van der Waals surface area contributed by atoms with Gasteiger partial charge >= 0.3 is 23.9 Å². The summed E-state index contributed by atoms with van der Waals surface area (Å²) in [7, 11) is 3.78. The van der Waals surface area contributed by atoms with Crippen molar-refractivity contribution in [2.45, 2.75) is 0 Å². The highest BCUT2D eigenvalue weighted by Gasteiger charge is 2.34. The van der Waals surface area contributed by atoms with Gasteiger partial charge in [0.05, 0.1) is 60.5 Å². The van der Waals surface area contributed by atoms with Crippen molar-refractivity contribution < 1.29 is 48.0 Å². The highest BCUT2D eigenvalue weighted by Crippen LogP contribution is 2.39. The number of esters is 4. The lowest BCUT2D eigenvalue weighted by molar-refractivity contribution is -0.385. The zero-order valence-corrected chi connectivity index (χ0v) is 18.1. The minimum atomic E-state index is -1.19. The molecule has 178 valence electrons. The number of hydrogen-bond acceptors (Lipinski definition) is 12. The van der Waals surface area contributed by atoms with Gasteiger partial charge in [0.25, 0.3) is 11.4 Å². The molecule has 34 heavy (non-hydrogen) atoms. The standard InChI is InChI=1S/C20H16N2O12/c1-31-17(23)11-5-9(21(27)28)6-12(18(24)32-2)15(11)16-13(19(25)33-3)7-10(22(29)30)8-14(16)20(26)34-4/h5-8H,1-4H3. The molecule has 0 heterocycles. The van der Waals surface area contributed by atoms with E-state index < -0.39 is 78.5 Å². The van der Waals surface area contributed by atoms with Crippen LogP contribution in [0.4, 0.5) is 11.4 Å². The van der Waals surface area contributed by atoms with E-state index >= 15 is 0 Å². The molecule has 0 saturated heterocycles. The van der Waals surface area contributed by atoms with Gasteiger partial charge in [-0.1, -0.05) is 0 Å². The van der Waals surface area contributed by atoms with E-state index in [1.807, 2.05) is 0 Å². The molecule has 0 amide bonds. The van der Waals surface area contributed by atoms with E-state index in [9.17, 15) is 39.4 Å². The second-order valence-corrected chi connectivity index (χ2v) is 6.31. The van der Waals surface area contributed by atoms with Crippen LogP contribution in [0.5, 0.6) is 0 Å². The third-order valence-electron chi connectivity index (χ3n) is 4.54. The molecule has 0 spiro atoms. The van der Waals surface area contributed by atoms with Crippen molar-refractivity contribution in [3.8, 4) is 11.1 Å². The Bertz CT molecular complexity index is 1060. The van der Waals surface area contributed by atoms with Crippen LogP contribution in [0.3, 0.4) is 0 Å². The first-order valence-electron chi connectivity index (χ1n) is 9.00. The van der Waals surface area contributed by atoms with Crippen molar-refractivity contribution in [3.05, 3.63) is 66.7 Å². The van der Waals surface area contributed by atoms with E-state index in [0.717, 1.165) is 52.7 Å². The van der Waals surface area contributed by atoms with Gasteiger partial charge in [-0.15, -0.1) is 0 Å². The normalized spacial score (nSPS) is 10.1. The number of nitrogens with zero attached hydrogens (tertiary/aromatic N) is 2. The largest absolute Gasteiger partial charge is 0.465 e. The van der Waals surface area contributed by atoms with Gasteiger partial charge in [-0.2, -0.15) is 0 Å². The first-order valence-corrected chi connectivity index (χ1v) is 9.00. The van der Waals surface area contributed by atoms with Crippen LogP contribution in [0, 0.1) is 20.2 Å². The monoisotopic (exact) mass is 476 g/mol. The zero-order valence-electron chi connectivity index (χ0n) is 18.1. The molecule has 2 rings (SSSR count). The molecule has 0 N–H and O–H groups in total. The SMILES string of the molecule is COC(=O)c1cc([N+](=O)[O-])cc(C(=O)OC)c1-c1c(C(=O)OC)cc([N+](=O)[O-])cc1C(=O)OC. The maximum atomic E-state index is 12.6. The summed E-state index contributed by atoms with van der Waals surface area (Å²) in [5.41, 5.74) is -4.87. The summed E-state index contributed by atoms with van der Waals surface area (Å²) in [6.07, 6.45) is 0. The topological polar surface area (TPSA) is 191 Å². The number of nitro groups is 2. The number of carbonyl (C=O) groups is 4. The number of carbonyl (C=O) groups excluding carboxylic acids is 4. The van der Waals surface area contributed by atoms with Crippen molar-refractivity contribution in [3.63, 3.8) is 0 Å². The van der Waals surface area contributed by atoms with E-state index in [0.29, 0.717) is 0 Å². The number of methoxy groups -OCH3 is 4. The zero-order chi connectivity index (χ0) is 25.7. The minimum Gasteiger partial charge on any atom is -0.465 e. The van der Waals surface area contributed by atoms with Crippen LogP contribution in [0.1, 0.15) is 41.4 Å². The van der Waals surface area contributed by atoms with Crippen molar-refractivity contribution >= 4 is 35.3 Å². The maximum Gasteiger partial charge on any atom is 0.338 e. The van der Waals surface area contributed by atoms with Crippen molar-refractivity contribution in [2.75, 3.05) is 28.4 Å². The predicted molar refractivity (Wildman–Crippen MR) is 111 cm³/mol. The lowest BCUT2D eigenvalue weighted by atomic mass is 9.86. The van der Waals surface area contributed by atoms with Crippen LogP contribution in [-0.4, -0.2) is 62.2 Å². The van der Waals surface area contributed by atoms with Crippen molar-refractivity contribution in [1.82, 2.24) is 0 Å². The average molecular weight is 476 g/mol. The van der Waals surface area contributed by atoms with E-state index in [2.05, 4.69) is 18.9 Å². The molecule has 0 fully saturated rings. The van der Waals surface area contributed by atoms with E-state index in [4.69, 9.17) is 0 Å². The fourth-order valence-electron chi connectivity index (χ4n) is 3.09. The van der Waals surface area contributed by atoms with Crippen LogP contribution in [0.15, 0.2) is 24.3 Å². The summed E-state index contributed by atoms with van der Waals surface area (Å²) in [6, 6.07) is 2.99. The van der Waals surface area contributed by atoms with Gasteiger partial charge in [-0.05, 0) is 0 Å². The number of hydrogen-bond donors (Lipinski definition) is 0. The summed E-state index contributed by atoms with van der Waals surface area (Å²) in [5, 5.41) is 22.8. The molecule has 0 atom stereocenters. The highest BCUT2D eigenvalue weighted by molar-refractivity contribution is 6.14. The Hall–Kier alpha value is -4.88. The first-order chi connectivity index (χ1) is 16.0. The highest BCUT2D eigenvalue weighted by atomic mass is 16.6. The summed E-state index contributed by atoms with van der Waals surface area (Å²) in [5.74, 6) is -4.75. The van der Waals surface area contributed by atoms with Gasteiger partial charge in [-0.3, -0.25) is 20.2 Å². The molecule has 0 aliphatic heterocycles. The second kappa shape index (κ2) is 10.2. The van der Waals surface area contributed by atoms with E-state index in [-0.39, 0.29) is 0 Å². The van der Waals surface area contributed by atoms with Gasteiger partial charge in [0.1, 0.15) is 0 Å². The summed E-state index contributed by atoms with van der Waals surface area (Å²) < 4.78 is 18.7. The molecule has 0 bridgehead atoms. The molecular formula is C20H16N2O12. The molecule has 0 aromatic heterocycles. The molecule has 2 aromatic rings. The molecule has 0 aliphatic carbocycles. The molecule has 0 unspecified atom stereocenters. The first kappa shape index (κ1) is 25.4. The lowest BCUT2D eigenvalue weighted by Crippen LogP contribution is -2.17. The Labute approximate surface area is 190 Å². The number of nitro benzene ring substituents is 2. The molecule has 2 aromatic carbocycles. The van der Waals surface area contributed by atoms with Gasteiger partial charge in [0.15, 0.2) is 0 Å². The second-order valence-electron chi connectivity index (χ2n) is 6.31. The Morgan fingerprint density at radius 3 is 0.912 bits per heavy atom. The number of non-ortho nitro benzene ring substituents is 2. The number of ether oxygens (including phenoxy) is 4. The molecular weight excluding hydrogens is 460 g/mol. The van der Waals surface area contributed by atoms with E-state index in [1.54, 1.807) is 0 Å². The number of rotatable bonds is 7. The fraction of sp³-hybridized carbons (Fsp3) is 0.200. The molecule has 0 aliphatic rings. The average Bonchev–Trinajstić information content (AvgIpc) is 2.84. The van der Waals surface area contributed by atoms with Crippen molar-refractivity contribution in [2.24, 2.45) is 0 Å². The predicted octanol–water partition coefficient (Wildman–Crippen LogP) is 2.32. The molecule has 14 heteroatoms. The Morgan fingerprint density at radius 1 is 0.559 bits per heavy atom. The smallest absolute Gasteiger partial charge is 0.338 e. The Kier molecular flexibility index (Phi) is 7.58. The third-order valence-corrected chi connectivity index (χ3v) is 4.54. The quantitative estimate of drug-likeness (QED) is 0.245. The summed E-state index contributed by atoms with van der Waals surface area (Å²) in [4.78, 5) is 71.4. The van der Waals surface area contributed by atoms with Crippen LogP contribution in [0.2, 0.25) is 0 Å². The fourth-order valence-corrected chi connectivity index (χ4v) is 3.09. The Morgan fingerprint density at radius 2 is 0.765 bits per heavy atom. The molecule has 0 radical (unpaired) electrons. The van der Waals surface area contributed by atoms with E-state index in [1.165, 1.54) is 0 Å². The molecule has 0 saturated carbocycles. The molecule has 14 nitrogen and oxygen atoms in total. The van der Waals surface area contributed by atoms with Crippen molar-refractivity contribution in [1.29, 1.82) is 0 Å². The Balaban J connectivity index is 3.27. The third kappa shape index (κ3) is 4.64. The minimum absolute atomic E-state index is 0.500. The van der Waals surface area contributed by atoms with Gasteiger partial charge in [0.2, 0.25) is 0 Å². The van der Waals surface area contributed by atoms with Crippen LogP contribution >= 0.6 is 0 Å². The van der Waals surface area contributed by atoms with Gasteiger partial charge in [-0.25, -0.2) is 19.2 Å². The van der Waals surface area contributed by atoms with Crippen LogP contribution in [0.25, 0.3) is 11.1 Å².